The van der Waals surface area contributed by atoms with E-state index in [9.17, 15) is 0 Å². The maximum atomic E-state index is 6.09. The average Bonchev–Trinajstić information content (AvgIpc) is 3.14. The first-order valence-corrected chi connectivity index (χ1v) is 10.4. The first kappa shape index (κ1) is 19.8. The maximum absolute atomic E-state index is 6.09. The predicted molar refractivity (Wildman–Crippen MR) is 120 cm³/mol. The second-order valence-electron chi connectivity index (χ2n) is 7.34. The number of rotatable bonds is 5. The van der Waals surface area contributed by atoms with Crippen LogP contribution in [0.4, 0.5) is 0 Å². The summed E-state index contributed by atoms with van der Waals surface area (Å²) < 4.78 is 5.85. The highest BCUT2D eigenvalue weighted by Gasteiger charge is 2.31. The molecule has 2 atom stereocenters. The van der Waals surface area contributed by atoms with Gasteiger partial charge >= 0.3 is 0 Å². The van der Waals surface area contributed by atoms with Gasteiger partial charge in [-0.1, -0.05) is 59.6 Å². The average molecular weight is 425 g/mol. The Balaban J connectivity index is 1.71. The van der Waals surface area contributed by atoms with Crippen molar-refractivity contribution in [2.45, 2.75) is 32.0 Å². The number of hydrogen-bond acceptors (Lipinski definition) is 3. The summed E-state index contributed by atoms with van der Waals surface area (Å²) in [6, 6.07) is 23.7. The van der Waals surface area contributed by atoms with Crippen molar-refractivity contribution < 1.29 is 4.74 Å². The number of ether oxygens (including phenoxy) is 1. The molecule has 0 fully saturated rings. The van der Waals surface area contributed by atoms with Gasteiger partial charge in [-0.25, -0.2) is 0 Å². The fourth-order valence-corrected chi connectivity index (χ4v) is 3.74. The summed E-state index contributed by atoms with van der Waals surface area (Å²) in [5.41, 5.74) is 3.23. The molecular weight excluding hydrogens is 403 g/mol. The molecule has 3 aromatic carbocycles. The van der Waals surface area contributed by atoms with E-state index in [0.29, 0.717) is 5.02 Å². The second kappa shape index (κ2) is 8.48. The summed E-state index contributed by atoms with van der Waals surface area (Å²) in [5.74, 6) is 1.68. The lowest BCUT2D eigenvalue weighted by atomic mass is 9.95. The third-order valence-electron chi connectivity index (χ3n) is 4.80. The lowest BCUT2D eigenvalue weighted by Gasteiger charge is -2.20. The highest BCUT2D eigenvalue weighted by atomic mass is 35.5. The molecule has 0 aromatic heterocycles. The van der Waals surface area contributed by atoms with Gasteiger partial charge in [0, 0.05) is 15.6 Å². The van der Waals surface area contributed by atoms with Crippen LogP contribution in [0.1, 0.15) is 42.6 Å². The summed E-state index contributed by atoms with van der Waals surface area (Å²) in [5, 5.41) is 5.04. The van der Waals surface area contributed by atoms with E-state index in [2.05, 4.69) is 5.32 Å². The van der Waals surface area contributed by atoms with Crippen molar-refractivity contribution in [3.8, 4) is 5.75 Å². The molecule has 3 nitrogen and oxygen atoms in total. The quantitative estimate of drug-likeness (QED) is 0.499. The van der Waals surface area contributed by atoms with Crippen LogP contribution in [0.3, 0.4) is 0 Å². The third-order valence-corrected chi connectivity index (χ3v) is 5.30. The molecule has 1 N–H and O–H groups in total. The van der Waals surface area contributed by atoms with Gasteiger partial charge in [-0.05, 0) is 61.4 Å². The molecule has 0 bridgehead atoms. The van der Waals surface area contributed by atoms with Crippen LogP contribution in [0.15, 0.2) is 77.8 Å². The number of nitrogens with zero attached hydrogens (tertiary/aromatic N) is 1. The Morgan fingerprint density at radius 3 is 2.10 bits per heavy atom. The minimum absolute atomic E-state index is 0.00174. The second-order valence-corrected chi connectivity index (χ2v) is 8.21. The number of hydrogen-bond donors (Lipinski definition) is 1. The molecule has 1 aliphatic rings. The van der Waals surface area contributed by atoms with Crippen LogP contribution in [0.5, 0.6) is 5.75 Å². The smallest absolute Gasteiger partial charge is 0.129 e. The van der Waals surface area contributed by atoms with E-state index >= 15 is 0 Å². The van der Waals surface area contributed by atoms with E-state index in [0.717, 1.165) is 33.3 Å². The molecule has 0 radical (unpaired) electrons. The molecule has 0 unspecified atom stereocenters. The van der Waals surface area contributed by atoms with Gasteiger partial charge in [-0.15, -0.1) is 0 Å². The van der Waals surface area contributed by atoms with Gasteiger partial charge in [0.1, 0.15) is 17.6 Å². The van der Waals surface area contributed by atoms with Gasteiger partial charge in [-0.3, -0.25) is 4.99 Å². The van der Waals surface area contributed by atoms with Crippen molar-refractivity contribution in [2.75, 3.05) is 0 Å². The molecule has 5 heteroatoms. The Labute approximate surface area is 181 Å². The zero-order valence-electron chi connectivity index (χ0n) is 16.3. The molecule has 0 amide bonds. The van der Waals surface area contributed by atoms with Crippen molar-refractivity contribution in [3.05, 3.63) is 99.5 Å². The monoisotopic (exact) mass is 424 g/mol. The van der Waals surface area contributed by atoms with Gasteiger partial charge in [-0.2, -0.15) is 0 Å². The molecule has 0 saturated carbocycles. The molecule has 1 heterocycles. The lowest BCUT2D eigenvalue weighted by molar-refractivity contribution is 0.242. The van der Waals surface area contributed by atoms with Gasteiger partial charge < -0.3 is 10.1 Å². The summed E-state index contributed by atoms with van der Waals surface area (Å²) in [4.78, 5) is 5.03. The van der Waals surface area contributed by atoms with Crippen LogP contribution < -0.4 is 10.1 Å². The molecular formula is C24H22Cl2N2O. The molecule has 148 valence electrons. The largest absolute Gasteiger partial charge is 0.491 e. The normalized spacial score (nSPS) is 18.4. The Morgan fingerprint density at radius 2 is 1.48 bits per heavy atom. The maximum Gasteiger partial charge on any atom is 0.129 e. The zero-order valence-corrected chi connectivity index (χ0v) is 17.8. The van der Waals surface area contributed by atoms with Crippen molar-refractivity contribution in [1.82, 2.24) is 5.32 Å². The summed E-state index contributed by atoms with van der Waals surface area (Å²) in [7, 11) is 0. The van der Waals surface area contributed by atoms with Crippen LogP contribution in [0.25, 0.3) is 0 Å². The summed E-state index contributed by atoms with van der Waals surface area (Å²) in [6.45, 7) is 4.04. The topological polar surface area (TPSA) is 33.6 Å². The number of amidine groups is 1. The molecule has 1 aliphatic heterocycles. The van der Waals surface area contributed by atoms with E-state index in [-0.39, 0.29) is 18.2 Å². The van der Waals surface area contributed by atoms with Crippen molar-refractivity contribution in [2.24, 2.45) is 4.99 Å². The van der Waals surface area contributed by atoms with Gasteiger partial charge in [0.25, 0.3) is 0 Å². The summed E-state index contributed by atoms with van der Waals surface area (Å²) >= 11 is 12.2. The molecule has 4 rings (SSSR count). The minimum atomic E-state index is -0.0712. The number of aliphatic imine (C=N–C) groups is 1. The minimum Gasteiger partial charge on any atom is -0.491 e. The fourth-order valence-electron chi connectivity index (χ4n) is 3.49. The molecule has 0 aliphatic carbocycles. The Hall–Kier alpha value is -2.49. The predicted octanol–water partition coefficient (Wildman–Crippen LogP) is 6.61. The lowest BCUT2D eigenvalue weighted by Crippen LogP contribution is -2.25. The van der Waals surface area contributed by atoms with Crippen LogP contribution >= 0.6 is 23.2 Å². The van der Waals surface area contributed by atoms with E-state index in [1.165, 1.54) is 0 Å². The van der Waals surface area contributed by atoms with Gasteiger partial charge in [0.15, 0.2) is 0 Å². The first-order valence-electron chi connectivity index (χ1n) is 9.62. The van der Waals surface area contributed by atoms with Crippen LogP contribution in [0.2, 0.25) is 10.0 Å². The number of halogens is 2. The standard InChI is InChI=1S/C24H22Cl2N2O/c1-15(2)29-21-5-3-4-18(14-21)24-27-22(16-6-10-19(25)11-7-16)23(28-24)17-8-12-20(26)13-9-17/h3-15,22-23H,1-2H3,(H,27,28)/t22-,23+. The number of benzene rings is 3. The highest BCUT2D eigenvalue weighted by Crippen LogP contribution is 2.38. The van der Waals surface area contributed by atoms with Gasteiger partial charge in [0.2, 0.25) is 0 Å². The summed E-state index contributed by atoms with van der Waals surface area (Å²) in [6.07, 6.45) is 0.118. The SMILES string of the molecule is CC(C)Oc1cccc(C2=N[C@H](c3ccc(Cl)cc3)[C@H](c3ccc(Cl)cc3)N2)c1. The third kappa shape index (κ3) is 4.58. The number of nitrogens with one attached hydrogen (secondary N) is 1. The van der Waals surface area contributed by atoms with Gasteiger partial charge in [0.05, 0.1) is 12.1 Å². The zero-order chi connectivity index (χ0) is 20.4. The molecule has 0 saturated heterocycles. The Kier molecular flexibility index (Phi) is 5.79. The van der Waals surface area contributed by atoms with Crippen molar-refractivity contribution in [3.63, 3.8) is 0 Å². The van der Waals surface area contributed by atoms with Crippen molar-refractivity contribution in [1.29, 1.82) is 0 Å². The molecule has 29 heavy (non-hydrogen) atoms. The molecule has 0 spiro atoms. The van der Waals surface area contributed by atoms with Crippen LogP contribution in [0, 0.1) is 0 Å². The van der Waals surface area contributed by atoms with E-state index < -0.39 is 0 Å². The van der Waals surface area contributed by atoms with E-state index in [1.54, 1.807) is 0 Å². The van der Waals surface area contributed by atoms with E-state index in [1.807, 2.05) is 86.6 Å². The highest BCUT2D eigenvalue weighted by molar-refractivity contribution is 6.30. The van der Waals surface area contributed by atoms with Crippen LogP contribution in [-0.4, -0.2) is 11.9 Å². The van der Waals surface area contributed by atoms with Crippen molar-refractivity contribution >= 4 is 29.0 Å². The van der Waals surface area contributed by atoms with E-state index in [4.69, 9.17) is 32.9 Å². The van der Waals surface area contributed by atoms with Crippen LogP contribution in [-0.2, 0) is 0 Å². The fraction of sp³-hybridized carbons (Fsp3) is 0.208. The Morgan fingerprint density at radius 1 is 0.862 bits per heavy atom. The molecule has 3 aromatic rings. The first-order chi connectivity index (χ1) is 14.0. The Bertz CT molecular complexity index is 1010.